The molecule has 3 rings (SSSR count). The van der Waals surface area contributed by atoms with Gasteiger partial charge in [-0.15, -0.1) is 0 Å². The van der Waals surface area contributed by atoms with E-state index in [4.69, 9.17) is 16.1 Å². The van der Waals surface area contributed by atoms with Gasteiger partial charge in [0.25, 0.3) is 0 Å². The van der Waals surface area contributed by atoms with Gasteiger partial charge in [-0.05, 0) is 30.3 Å². The third-order valence-electron chi connectivity index (χ3n) is 2.98. The first-order chi connectivity index (χ1) is 10.1. The van der Waals surface area contributed by atoms with Gasteiger partial charge in [0.1, 0.15) is 11.5 Å². The van der Waals surface area contributed by atoms with E-state index in [2.05, 4.69) is 10.5 Å². The van der Waals surface area contributed by atoms with E-state index >= 15 is 0 Å². The predicted octanol–water partition coefficient (Wildman–Crippen LogP) is 3.80. The highest BCUT2D eigenvalue weighted by molar-refractivity contribution is 6.31. The molecule has 0 unspecified atom stereocenters. The van der Waals surface area contributed by atoms with Crippen LogP contribution >= 0.6 is 11.6 Å². The minimum Gasteiger partial charge on any atom is -0.356 e. The number of anilines is 1. The van der Waals surface area contributed by atoms with E-state index in [0.717, 1.165) is 5.39 Å². The van der Waals surface area contributed by atoms with Gasteiger partial charge in [-0.25, -0.2) is 4.39 Å². The van der Waals surface area contributed by atoms with Gasteiger partial charge in [0, 0.05) is 11.1 Å². The Morgan fingerprint density at radius 2 is 2.10 bits per heavy atom. The third-order valence-corrected chi connectivity index (χ3v) is 3.27. The van der Waals surface area contributed by atoms with Crippen molar-refractivity contribution in [2.24, 2.45) is 0 Å². The second kappa shape index (κ2) is 5.54. The number of nitrogens with zero attached hydrogens (tertiary/aromatic N) is 1. The molecule has 6 heteroatoms. The van der Waals surface area contributed by atoms with Crippen LogP contribution in [0.1, 0.15) is 5.69 Å². The second-order valence-corrected chi connectivity index (χ2v) is 4.89. The van der Waals surface area contributed by atoms with Crippen LogP contribution in [0.4, 0.5) is 10.1 Å². The third kappa shape index (κ3) is 2.87. The van der Waals surface area contributed by atoms with Gasteiger partial charge in [0.15, 0.2) is 5.58 Å². The zero-order chi connectivity index (χ0) is 14.8. The van der Waals surface area contributed by atoms with Gasteiger partial charge in [-0.1, -0.05) is 28.9 Å². The van der Waals surface area contributed by atoms with Crippen molar-refractivity contribution in [2.45, 2.75) is 6.42 Å². The average Bonchev–Trinajstić information content (AvgIpc) is 2.86. The second-order valence-electron chi connectivity index (χ2n) is 4.48. The number of hydrogen-bond donors (Lipinski definition) is 1. The maximum absolute atomic E-state index is 13.0. The normalized spacial score (nSPS) is 10.8. The molecule has 0 fully saturated rings. The molecule has 0 spiro atoms. The molecule has 4 nitrogen and oxygen atoms in total. The molecule has 0 aliphatic rings. The van der Waals surface area contributed by atoms with Crippen LogP contribution in [0.15, 0.2) is 47.0 Å². The number of carbonyl (C=O) groups excluding carboxylic acids is 1. The minimum atomic E-state index is -0.530. The number of amides is 1. The summed E-state index contributed by atoms with van der Waals surface area (Å²) in [5, 5.41) is 7.28. The van der Waals surface area contributed by atoms with Crippen LogP contribution in [0.2, 0.25) is 5.02 Å². The molecular weight excluding hydrogens is 295 g/mol. The first-order valence-corrected chi connectivity index (χ1v) is 6.59. The van der Waals surface area contributed by atoms with Crippen LogP contribution in [0.3, 0.4) is 0 Å². The van der Waals surface area contributed by atoms with Crippen molar-refractivity contribution >= 4 is 34.2 Å². The van der Waals surface area contributed by atoms with Crippen LogP contribution in [0.25, 0.3) is 11.0 Å². The molecule has 0 atom stereocenters. The van der Waals surface area contributed by atoms with E-state index in [0.29, 0.717) is 17.0 Å². The number of para-hydroxylation sites is 1. The number of benzene rings is 2. The summed E-state index contributed by atoms with van der Waals surface area (Å²) in [5.41, 5.74) is 1.61. The Balaban J connectivity index is 1.75. The Labute approximate surface area is 124 Å². The van der Waals surface area contributed by atoms with Crippen LogP contribution in [0.5, 0.6) is 0 Å². The highest BCUT2D eigenvalue weighted by Crippen LogP contribution is 2.21. The fraction of sp³-hybridized carbons (Fsp3) is 0.0667. The first-order valence-electron chi connectivity index (χ1n) is 6.21. The number of hydrogen-bond acceptors (Lipinski definition) is 3. The molecule has 0 saturated heterocycles. The fourth-order valence-electron chi connectivity index (χ4n) is 2.00. The van der Waals surface area contributed by atoms with Crippen molar-refractivity contribution in [1.29, 1.82) is 0 Å². The van der Waals surface area contributed by atoms with Crippen LogP contribution in [-0.2, 0) is 11.2 Å². The van der Waals surface area contributed by atoms with Gasteiger partial charge in [-0.2, -0.15) is 0 Å². The lowest BCUT2D eigenvalue weighted by atomic mass is 10.1. The molecule has 2 aromatic carbocycles. The highest BCUT2D eigenvalue weighted by Gasteiger charge is 2.12. The van der Waals surface area contributed by atoms with Gasteiger partial charge in [0.05, 0.1) is 11.4 Å². The summed E-state index contributed by atoms with van der Waals surface area (Å²) < 4.78 is 18.2. The quantitative estimate of drug-likeness (QED) is 0.800. The molecule has 0 bridgehead atoms. The molecule has 1 N–H and O–H groups in total. The van der Waals surface area contributed by atoms with E-state index in [1.54, 1.807) is 6.07 Å². The molecular formula is C15H10ClFN2O2. The van der Waals surface area contributed by atoms with E-state index < -0.39 is 5.82 Å². The lowest BCUT2D eigenvalue weighted by Crippen LogP contribution is -2.14. The summed E-state index contributed by atoms with van der Waals surface area (Å²) in [7, 11) is 0. The van der Waals surface area contributed by atoms with E-state index in [1.165, 1.54) is 18.2 Å². The molecule has 0 saturated carbocycles. The number of halogens is 2. The lowest BCUT2D eigenvalue weighted by molar-refractivity contribution is -0.115. The summed E-state index contributed by atoms with van der Waals surface area (Å²) in [4.78, 5) is 12.0. The smallest absolute Gasteiger partial charge is 0.230 e. The standard InChI is InChI=1S/C15H10ClFN2O2/c16-11-7-9(5-6-12(11)17)18-15(20)8-13-10-3-1-2-4-14(10)21-19-13/h1-7H,8H2,(H,18,20). The van der Waals surface area contributed by atoms with E-state index in [-0.39, 0.29) is 17.4 Å². The number of aromatic nitrogens is 1. The summed E-state index contributed by atoms with van der Waals surface area (Å²) in [5.74, 6) is -0.811. The molecule has 1 aromatic heterocycles. The Hall–Kier alpha value is -2.40. The Bertz CT molecular complexity index is 816. The topological polar surface area (TPSA) is 55.1 Å². The monoisotopic (exact) mass is 304 g/mol. The summed E-state index contributed by atoms with van der Waals surface area (Å²) in [6.07, 6.45) is 0.0615. The molecule has 3 aromatic rings. The van der Waals surface area contributed by atoms with Crippen LogP contribution in [0, 0.1) is 5.82 Å². The maximum atomic E-state index is 13.0. The van der Waals surface area contributed by atoms with Crippen molar-refractivity contribution < 1.29 is 13.7 Å². The number of carbonyl (C=O) groups is 1. The van der Waals surface area contributed by atoms with Gasteiger partial charge in [0.2, 0.25) is 5.91 Å². The Kier molecular flexibility index (Phi) is 3.58. The predicted molar refractivity (Wildman–Crippen MR) is 77.8 cm³/mol. The highest BCUT2D eigenvalue weighted by atomic mass is 35.5. The molecule has 0 aliphatic heterocycles. The fourth-order valence-corrected chi connectivity index (χ4v) is 2.18. The molecule has 106 valence electrons. The SMILES string of the molecule is O=C(Cc1noc2ccccc12)Nc1ccc(F)c(Cl)c1. The molecule has 21 heavy (non-hydrogen) atoms. The van der Waals surface area contributed by atoms with Gasteiger partial charge < -0.3 is 9.84 Å². The summed E-state index contributed by atoms with van der Waals surface area (Å²) in [6.45, 7) is 0. The summed E-state index contributed by atoms with van der Waals surface area (Å²) >= 11 is 5.66. The zero-order valence-electron chi connectivity index (χ0n) is 10.8. The maximum Gasteiger partial charge on any atom is 0.230 e. The molecule has 0 radical (unpaired) electrons. The minimum absolute atomic E-state index is 0.0420. The largest absolute Gasteiger partial charge is 0.356 e. The van der Waals surface area contributed by atoms with Crippen LogP contribution < -0.4 is 5.32 Å². The molecule has 1 heterocycles. The van der Waals surface area contributed by atoms with Crippen molar-refractivity contribution in [1.82, 2.24) is 5.16 Å². The van der Waals surface area contributed by atoms with Crippen molar-refractivity contribution in [3.8, 4) is 0 Å². The van der Waals surface area contributed by atoms with E-state index in [9.17, 15) is 9.18 Å². The van der Waals surface area contributed by atoms with Crippen molar-refractivity contribution in [2.75, 3.05) is 5.32 Å². The average molecular weight is 305 g/mol. The van der Waals surface area contributed by atoms with Crippen molar-refractivity contribution in [3.63, 3.8) is 0 Å². The van der Waals surface area contributed by atoms with Crippen LogP contribution in [-0.4, -0.2) is 11.1 Å². The Morgan fingerprint density at radius 1 is 1.29 bits per heavy atom. The zero-order valence-corrected chi connectivity index (χ0v) is 11.5. The lowest BCUT2D eigenvalue weighted by Gasteiger charge is -2.04. The first kappa shape index (κ1) is 13.6. The Morgan fingerprint density at radius 3 is 2.90 bits per heavy atom. The molecule has 0 aliphatic carbocycles. The van der Waals surface area contributed by atoms with Gasteiger partial charge in [-0.3, -0.25) is 4.79 Å². The summed E-state index contributed by atoms with van der Waals surface area (Å²) in [6, 6.07) is 11.3. The van der Waals surface area contributed by atoms with Gasteiger partial charge >= 0.3 is 0 Å². The van der Waals surface area contributed by atoms with Crippen molar-refractivity contribution in [3.05, 3.63) is 59.0 Å². The number of rotatable bonds is 3. The number of nitrogens with one attached hydrogen (secondary N) is 1. The van der Waals surface area contributed by atoms with E-state index in [1.807, 2.05) is 18.2 Å². The number of fused-ring (bicyclic) bond motifs is 1. The molecule has 1 amide bonds.